The number of hydrogen-bond acceptors (Lipinski definition) is 1. The van der Waals surface area contributed by atoms with Crippen molar-refractivity contribution >= 4 is 32.7 Å². The minimum Gasteiger partial charge on any atom is -0.280 e. The molecule has 2 nitrogen and oxygen atoms in total. The van der Waals surface area contributed by atoms with Crippen molar-refractivity contribution in [2.45, 2.75) is 25.7 Å². The molecule has 0 radical (unpaired) electrons. The lowest BCUT2D eigenvalue weighted by atomic mass is 9.95. The number of aryl methyl sites for hydroxylation is 1. The standard InChI is InChI=1S/C19H16BrNO/c20-16-10-4-1-9-15(16)19(22)21-17-11-5-2-7-13(17)14-8-3-6-12-18(14)21/h1-2,4-5,7,9-11H,3,6,8,12H2. The third-order valence-electron chi connectivity index (χ3n) is 4.49. The first-order valence-corrected chi connectivity index (χ1v) is 8.47. The van der Waals surface area contributed by atoms with Crippen LogP contribution in [0.15, 0.2) is 53.0 Å². The molecule has 0 spiro atoms. The molecule has 0 unspecified atom stereocenters. The number of carbonyl (C=O) groups is 1. The molecule has 0 atom stereocenters. The molecule has 3 heteroatoms. The molecule has 1 aliphatic rings. The SMILES string of the molecule is O=C(c1ccccc1Br)n1c2c(c3ccccc31)CCCC2. The average molecular weight is 354 g/mol. The van der Waals surface area contributed by atoms with Crippen LogP contribution in [0.1, 0.15) is 34.5 Å². The largest absolute Gasteiger partial charge is 0.280 e. The van der Waals surface area contributed by atoms with Gasteiger partial charge in [0.15, 0.2) is 0 Å². The summed E-state index contributed by atoms with van der Waals surface area (Å²) in [6.07, 6.45) is 4.43. The highest BCUT2D eigenvalue weighted by molar-refractivity contribution is 9.10. The molecule has 1 heterocycles. The minimum absolute atomic E-state index is 0.0619. The van der Waals surface area contributed by atoms with Crippen LogP contribution in [0.5, 0.6) is 0 Å². The number of carbonyl (C=O) groups excluding carboxylic acids is 1. The Morgan fingerprint density at radius 2 is 1.68 bits per heavy atom. The number of fused-ring (bicyclic) bond motifs is 3. The normalized spacial score (nSPS) is 14.0. The van der Waals surface area contributed by atoms with Gasteiger partial charge in [-0.15, -0.1) is 0 Å². The highest BCUT2D eigenvalue weighted by Gasteiger charge is 2.24. The Bertz CT molecular complexity index is 878. The van der Waals surface area contributed by atoms with Crippen molar-refractivity contribution < 1.29 is 4.79 Å². The zero-order chi connectivity index (χ0) is 15.1. The van der Waals surface area contributed by atoms with Crippen LogP contribution in [0.25, 0.3) is 10.9 Å². The predicted molar refractivity (Wildman–Crippen MR) is 92.5 cm³/mol. The van der Waals surface area contributed by atoms with E-state index in [4.69, 9.17) is 0 Å². The lowest BCUT2D eigenvalue weighted by Crippen LogP contribution is -2.17. The molecule has 110 valence electrons. The van der Waals surface area contributed by atoms with E-state index in [1.54, 1.807) is 0 Å². The third kappa shape index (κ3) is 2.03. The number of nitrogens with zero attached hydrogens (tertiary/aromatic N) is 1. The maximum absolute atomic E-state index is 13.1. The molecule has 0 saturated carbocycles. The maximum Gasteiger partial charge on any atom is 0.263 e. The van der Waals surface area contributed by atoms with E-state index in [9.17, 15) is 4.79 Å². The summed E-state index contributed by atoms with van der Waals surface area (Å²) in [4.78, 5) is 13.1. The van der Waals surface area contributed by atoms with Gasteiger partial charge in [-0.3, -0.25) is 9.36 Å². The first-order valence-electron chi connectivity index (χ1n) is 7.68. The van der Waals surface area contributed by atoms with Crippen LogP contribution in [0, 0.1) is 0 Å². The minimum atomic E-state index is 0.0619. The molecular formula is C19H16BrNO. The molecule has 22 heavy (non-hydrogen) atoms. The van der Waals surface area contributed by atoms with Crippen molar-refractivity contribution in [1.29, 1.82) is 0 Å². The quantitative estimate of drug-likeness (QED) is 0.605. The number of para-hydroxylation sites is 1. The number of rotatable bonds is 1. The van der Waals surface area contributed by atoms with Crippen LogP contribution in [-0.2, 0) is 12.8 Å². The van der Waals surface area contributed by atoms with E-state index in [-0.39, 0.29) is 5.91 Å². The molecule has 0 fully saturated rings. The van der Waals surface area contributed by atoms with E-state index in [1.807, 2.05) is 34.9 Å². The summed E-state index contributed by atoms with van der Waals surface area (Å²) in [5.41, 5.74) is 4.32. The predicted octanol–water partition coefficient (Wildman–Crippen LogP) is 4.97. The van der Waals surface area contributed by atoms with Crippen LogP contribution in [0.2, 0.25) is 0 Å². The van der Waals surface area contributed by atoms with Crippen molar-refractivity contribution in [1.82, 2.24) is 4.57 Å². The molecule has 1 aromatic heterocycles. The summed E-state index contributed by atoms with van der Waals surface area (Å²) in [5.74, 6) is 0.0619. The zero-order valence-electron chi connectivity index (χ0n) is 12.2. The Morgan fingerprint density at radius 3 is 2.55 bits per heavy atom. The summed E-state index contributed by atoms with van der Waals surface area (Å²) < 4.78 is 2.78. The van der Waals surface area contributed by atoms with E-state index >= 15 is 0 Å². The van der Waals surface area contributed by atoms with Gasteiger partial charge in [-0.05, 0) is 65.4 Å². The van der Waals surface area contributed by atoms with E-state index in [2.05, 4.69) is 34.1 Å². The fraction of sp³-hybridized carbons (Fsp3) is 0.211. The van der Waals surface area contributed by atoms with Crippen molar-refractivity contribution in [2.75, 3.05) is 0 Å². The van der Waals surface area contributed by atoms with Crippen molar-refractivity contribution in [3.63, 3.8) is 0 Å². The Morgan fingerprint density at radius 1 is 0.955 bits per heavy atom. The van der Waals surface area contributed by atoms with Crippen LogP contribution >= 0.6 is 15.9 Å². The summed E-state index contributed by atoms with van der Waals surface area (Å²) in [7, 11) is 0. The molecule has 0 bridgehead atoms. The highest BCUT2D eigenvalue weighted by atomic mass is 79.9. The van der Waals surface area contributed by atoms with Crippen molar-refractivity contribution in [3.8, 4) is 0 Å². The Kier molecular flexibility index (Phi) is 3.38. The maximum atomic E-state index is 13.1. The van der Waals surface area contributed by atoms with Gasteiger partial charge in [-0.25, -0.2) is 0 Å². The van der Waals surface area contributed by atoms with E-state index in [0.717, 1.165) is 34.8 Å². The molecule has 0 saturated heterocycles. The number of benzene rings is 2. The van der Waals surface area contributed by atoms with Crippen molar-refractivity contribution in [3.05, 3.63) is 69.8 Å². The zero-order valence-corrected chi connectivity index (χ0v) is 13.8. The van der Waals surface area contributed by atoms with Gasteiger partial charge in [0.05, 0.1) is 11.1 Å². The van der Waals surface area contributed by atoms with Crippen LogP contribution in [0.4, 0.5) is 0 Å². The summed E-state index contributed by atoms with van der Waals surface area (Å²) in [5, 5.41) is 1.23. The molecule has 3 aromatic rings. The average Bonchev–Trinajstić information content (AvgIpc) is 2.89. The van der Waals surface area contributed by atoms with E-state index in [0.29, 0.717) is 0 Å². The Hall–Kier alpha value is -1.87. The van der Waals surface area contributed by atoms with Gasteiger partial charge in [0.2, 0.25) is 0 Å². The first-order chi connectivity index (χ1) is 10.8. The Labute approximate surface area is 137 Å². The monoisotopic (exact) mass is 353 g/mol. The van der Waals surface area contributed by atoms with Gasteiger partial charge in [0.1, 0.15) is 0 Å². The van der Waals surface area contributed by atoms with E-state index in [1.165, 1.54) is 23.1 Å². The van der Waals surface area contributed by atoms with Crippen LogP contribution in [-0.4, -0.2) is 10.5 Å². The lowest BCUT2D eigenvalue weighted by molar-refractivity contribution is 0.0960. The van der Waals surface area contributed by atoms with Gasteiger partial charge in [-0.2, -0.15) is 0 Å². The summed E-state index contributed by atoms with van der Waals surface area (Å²) in [6, 6.07) is 15.9. The molecule has 2 aromatic carbocycles. The third-order valence-corrected chi connectivity index (χ3v) is 5.18. The number of halogens is 1. The lowest BCUT2D eigenvalue weighted by Gasteiger charge is -2.15. The molecule has 0 N–H and O–H groups in total. The first kappa shape index (κ1) is 13.8. The molecule has 4 rings (SSSR count). The fourth-order valence-corrected chi connectivity index (χ4v) is 3.94. The molecular weight excluding hydrogens is 338 g/mol. The molecule has 1 aliphatic carbocycles. The summed E-state index contributed by atoms with van der Waals surface area (Å²) in [6.45, 7) is 0. The van der Waals surface area contributed by atoms with E-state index < -0.39 is 0 Å². The molecule has 0 aliphatic heterocycles. The smallest absolute Gasteiger partial charge is 0.263 e. The topological polar surface area (TPSA) is 22.0 Å². The van der Waals surface area contributed by atoms with Gasteiger partial charge >= 0.3 is 0 Å². The van der Waals surface area contributed by atoms with Crippen LogP contribution in [0.3, 0.4) is 0 Å². The second-order valence-electron chi connectivity index (χ2n) is 5.77. The summed E-state index contributed by atoms with van der Waals surface area (Å²) >= 11 is 3.51. The second kappa shape index (κ2) is 5.40. The van der Waals surface area contributed by atoms with Gasteiger partial charge < -0.3 is 0 Å². The highest BCUT2D eigenvalue weighted by Crippen LogP contribution is 2.33. The van der Waals surface area contributed by atoms with Crippen molar-refractivity contribution in [2.24, 2.45) is 0 Å². The second-order valence-corrected chi connectivity index (χ2v) is 6.62. The fourth-order valence-electron chi connectivity index (χ4n) is 3.48. The number of hydrogen-bond donors (Lipinski definition) is 0. The van der Waals surface area contributed by atoms with Gasteiger partial charge in [-0.1, -0.05) is 30.3 Å². The number of aromatic nitrogens is 1. The molecule has 0 amide bonds. The van der Waals surface area contributed by atoms with Gasteiger partial charge in [0.25, 0.3) is 5.91 Å². The van der Waals surface area contributed by atoms with Gasteiger partial charge in [0, 0.05) is 15.6 Å². The van der Waals surface area contributed by atoms with Crippen LogP contribution < -0.4 is 0 Å². The Balaban J connectivity index is 1.99.